The van der Waals surface area contributed by atoms with E-state index in [1.54, 1.807) is 40.9 Å². The number of rotatable bonds is 5. The molecule has 0 aliphatic carbocycles. The van der Waals surface area contributed by atoms with Crippen molar-refractivity contribution in [3.63, 3.8) is 0 Å². The lowest BCUT2D eigenvalue weighted by atomic mass is 10.1. The summed E-state index contributed by atoms with van der Waals surface area (Å²) < 4.78 is 60.9. The number of carbonyl (C=O) groups is 1. The van der Waals surface area contributed by atoms with Gasteiger partial charge < -0.3 is 14.8 Å². The molecule has 3 aromatic rings. The van der Waals surface area contributed by atoms with Gasteiger partial charge in [-0.1, -0.05) is 0 Å². The molecule has 0 spiro atoms. The molecule has 10 heteroatoms. The summed E-state index contributed by atoms with van der Waals surface area (Å²) in [5.74, 6) is -1.95. The van der Waals surface area contributed by atoms with Gasteiger partial charge in [0, 0.05) is 9.64 Å². The number of aromatic amines is 1. The van der Waals surface area contributed by atoms with Crippen LogP contribution >= 0.6 is 22.6 Å². The number of benzene rings is 2. The van der Waals surface area contributed by atoms with Crippen LogP contribution < -0.4 is 19.8 Å². The smallest absolute Gasteiger partial charge is 0.456 e. The van der Waals surface area contributed by atoms with Crippen LogP contribution in [0.3, 0.4) is 0 Å². The minimum absolute atomic E-state index is 0.0928. The summed E-state index contributed by atoms with van der Waals surface area (Å²) in [6, 6.07) is 10.6. The maximum Gasteiger partial charge on any atom is 0.573 e. The molecule has 1 aromatic heterocycles. The third-order valence-corrected chi connectivity index (χ3v) is 4.37. The van der Waals surface area contributed by atoms with Gasteiger partial charge in [0.05, 0.1) is 0 Å². The van der Waals surface area contributed by atoms with Crippen LogP contribution in [0.1, 0.15) is 10.4 Å². The van der Waals surface area contributed by atoms with Crippen LogP contribution in [-0.2, 0) is 0 Å². The minimum Gasteiger partial charge on any atom is -0.456 e. The fourth-order valence-electron chi connectivity index (χ4n) is 2.33. The number of ether oxygens (including phenoxy) is 2. The third-order valence-electron chi connectivity index (χ3n) is 3.53. The molecule has 5 nitrogen and oxygen atoms in total. The van der Waals surface area contributed by atoms with E-state index in [2.05, 4.69) is 15.0 Å². The van der Waals surface area contributed by atoms with Gasteiger partial charge in [-0.2, -0.15) is 0 Å². The largest absolute Gasteiger partial charge is 0.573 e. The molecule has 1 heterocycles. The van der Waals surface area contributed by atoms with Crippen LogP contribution in [0.25, 0.3) is 0 Å². The number of hydrogen-bond donors (Lipinski definition) is 1. The van der Waals surface area contributed by atoms with E-state index in [1.807, 2.05) is 0 Å². The van der Waals surface area contributed by atoms with Crippen molar-refractivity contribution in [1.29, 1.82) is 0 Å². The molecule has 0 fully saturated rings. The fourth-order valence-corrected chi connectivity index (χ4v) is 2.78. The number of aromatic nitrogens is 1. The lowest BCUT2D eigenvalue weighted by molar-refractivity contribution is -0.377. The summed E-state index contributed by atoms with van der Waals surface area (Å²) >= 11 is 1.74. The van der Waals surface area contributed by atoms with Crippen LogP contribution in [0.2, 0.25) is 0 Å². The van der Waals surface area contributed by atoms with Crippen molar-refractivity contribution in [2.75, 3.05) is 5.32 Å². The average molecular weight is 519 g/mol. The van der Waals surface area contributed by atoms with E-state index in [0.717, 1.165) is 12.1 Å². The number of nitrogens with one attached hydrogen (secondary N) is 2. The zero-order valence-corrected chi connectivity index (χ0v) is 16.5. The third kappa shape index (κ3) is 5.56. The number of hydrogen-bond acceptors (Lipinski definition) is 3. The van der Waals surface area contributed by atoms with Crippen LogP contribution in [0.15, 0.2) is 60.9 Å². The standard InChI is InChI=1S/C19H11F4IN2O3/c20-17-14(24)7-8-15(16(17)18(27)26-11-2-1-9-25-10-11)28-12-3-5-13(6-4-12)29-19(21,22)23/h1-10H,(H,26,27)/p+1. The van der Waals surface area contributed by atoms with Crippen molar-refractivity contribution < 1.29 is 36.8 Å². The highest BCUT2D eigenvalue weighted by Gasteiger charge is 2.31. The Morgan fingerprint density at radius 3 is 2.34 bits per heavy atom. The average Bonchev–Trinajstić information content (AvgIpc) is 2.66. The Bertz CT molecular complexity index is 1010. The van der Waals surface area contributed by atoms with E-state index in [1.165, 1.54) is 30.5 Å². The first-order valence-electron chi connectivity index (χ1n) is 8.02. The van der Waals surface area contributed by atoms with E-state index < -0.39 is 23.8 Å². The second kappa shape index (κ2) is 8.64. The lowest BCUT2D eigenvalue weighted by Gasteiger charge is -2.14. The molecule has 29 heavy (non-hydrogen) atoms. The monoisotopic (exact) mass is 519 g/mol. The van der Waals surface area contributed by atoms with E-state index >= 15 is 0 Å². The van der Waals surface area contributed by atoms with Gasteiger partial charge in [-0.3, -0.25) is 4.79 Å². The number of pyridine rings is 1. The number of amides is 1. The molecule has 1 amide bonds. The summed E-state index contributed by atoms with van der Waals surface area (Å²) in [5, 5.41) is 2.55. The zero-order valence-electron chi connectivity index (χ0n) is 14.4. The highest BCUT2D eigenvalue weighted by Crippen LogP contribution is 2.32. The van der Waals surface area contributed by atoms with Crippen LogP contribution in [0, 0.1) is 9.39 Å². The van der Waals surface area contributed by atoms with Crippen molar-refractivity contribution in [3.05, 3.63) is 75.9 Å². The summed E-state index contributed by atoms with van der Waals surface area (Å²) in [5.41, 5.74) is 0.0757. The predicted molar refractivity (Wildman–Crippen MR) is 103 cm³/mol. The lowest BCUT2D eigenvalue weighted by Crippen LogP contribution is -2.17. The molecule has 0 aliphatic heterocycles. The number of anilines is 1. The van der Waals surface area contributed by atoms with Gasteiger partial charge in [-0.15, -0.1) is 13.2 Å². The van der Waals surface area contributed by atoms with Gasteiger partial charge in [-0.05, 0) is 65.1 Å². The number of H-pyrrole nitrogens is 1. The molecule has 0 atom stereocenters. The van der Waals surface area contributed by atoms with E-state index in [-0.39, 0.29) is 20.6 Å². The normalized spacial score (nSPS) is 11.1. The molecule has 0 aliphatic rings. The van der Waals surface area contributed by atoms with Gasteiger partial charge in [-0.25, -0.2) is 9.37 Å². The Kier molecular flexibility index (Phi) is 6.20. The Balaban J connectivity index is 1.86. The van der Waals surface area contributed by atoms with Gasteiger partial charge in [0.25, 0.3) is 5.91 Å². The topological polar surface area (TPSA) is 61.7 Å². The highest BCUT2D eigenvalue weighted by atomic mass is 127. The first-order chi connectivity index (χ1) is 13.7. The van der Waals surface area contributed by atoms with Crippen molar-refractivity contribution in [2.24, 2.45) is 0 Å². The van der Waals surface area contributed by atoms with Gasteiger partial charge >= 0.3 is 6.36 Å². The second-order valence-electron chi connectivity index (χ2n) is 5.60. The summed E-state index contributed by atoms with van der Waals surface area (Å²) in [4.78, 5) is 15.4. The summed E-state index contributed by atoms with van der Waals surface area (Å²) in [7, 11) is 0. The molecular formula is C19H12F4IN2O3+. The van der Waals surface area contributed by atoms with E-state index in [4.69, 9.17) is 4.74 Å². The molecule has 0 saturated carbocycles. The van der Waals surface area contributed by atoms with Crippen molar-refractivity contribution in [1.82, 2.24) is 0 Å². The molecular weight excluding hydrogens is 507 g/mol. The number of carbonyl (C=O) groups excluding carboxylic acids is 1. The zero-order chi connectivity index (χ0) is 21.0. The Morgan fingerprint density at radius 2 is 1.72 bits per heavy atom. The van der Waals surface area contributed by atoms with E-state index in [0.29, 0.717) is 5.69 Å². The quantitative estimate of drug-likeness (QED) is 0.373. The maximum absolute atomic E-state index is 14.7. The Labute approximate surface area is 175 Å². The van der Waals surface area contributed by atoms with Crippen molar-refractivity contribution in [2.45, 2.75) is 6.36 Å². The summed E-state index contributed by atoms with van der Waals surface area (Å²) in [6.45, 7) is 0. The molecule has 2 N–H and O–H groups in total. The van der Waals surface area contributed by atoms with Crippen LogP contribution in [0.5, 0.6) is 17.2 Å². The molecule has 3 rings (SSSR count). The predicted octanol–water partition coefficient (Wildman–Crippen LogP) is 5.19. The number of alkyl halides is 3. The van der Waals surface area contributed by atoms with Gasteiger partial charge in [0.1, 0.15) is 28.5 Å². The molecule has 0 radical (unpaired) electrons. The van der Waals surface area contributed by atoms with Crippen LogP contribution in [-0.4, -0.2) is 12.3 Å². The minimum atomic E-state index is -4.82. The molecule has 150 valence electrons. The molecule has 0 unspecified atom stereocenters. The van der Waals surface area contributed by atoms with Crippen molar-refractivity contribution in [3.8, 4) is 17.2 Å². The van der Waals surface area contributed by atoms with Crippen molar-refractivity contribution >= 4 is 34.2 Å². The molecule has 2 aromatic carbocycles. The molecule has 0 saturated heterocycles. The first kappa shape index (κ1) is 20.8. The Morgan fingerprint density at radius 1 is 1.03 bits per heavy atom. The number of halogens is 5. The van der Waals surface area contributed by atoms with Crippen LogP contribution in [0.4, 0.5) is 23.2 Å². The van der Waals surface area contributed by atoms with Gasteiger partial charge in [0.2, 0.25) is 0 Å². The first-order valence-corrected chi connectivity index (χ1v) is 9.10. The molecule has 0 bridgehead atoms. The fraction of sp³-hybridized carbons (Fsp3) is 0.0526. The second-order valence-corrected chi connectivity index (χ2v) is 6.76. The summed E-state index contributed by atoms with van der Waals surface area (Å²) in [6.07, 6.45) is -1.66. The van der Waals surface area contributed by atoms with E-state index in [9.17, 15) is 22.4 Å². The highest BCUT2D eigenvalue weighted by molar-refractivity contribution is 14.1. The SMILES string of the molecule is O=C(Nc1ccc[nH+]c1)c1c(Oc2ccc(OC(F)(F)F)cc2)ccc(I)c1F. The maximum atomic E-state index is 14.7. The Hall–Kier alpha value is -2.89. The van der Waals surface area contributed by atoms with Gasteiger partial charge in [0.15, 0.2) is 18.2 Å².